The van der Waals surface area contributed by atoms with Crippen molar-refractivity contribution < 1.29 is 41.2 Å². The third kappa shape index (κ3) is 7.32. The van der Waals surface area contributed by atoms with Crippen LogP contribution >= 0.6 is 0 Å². The van der Waals surface area contributed by atoms with Crippen molar-refractivity contribution in [1.29, 1.82) is 0 Å². The maximum atomic E-state index is 14.6. The molecule has 1 unspecified atom stereocenters. The molecule has 294 valence electrons. The number of fused-ring (bicyclic) bond motifs is 3. The molecule has 1 aromatic heterocycles. The van der Waals surface area contributed by atoms with Gasteiger partial charge in [-0.05, 0) is 43.2 Å². The molecule has 2 aliphatic heterocycles. The predicted octanol–water partition coefficient (Wildman–Crippen LogP) is 3.91. The van der Waals surface area contributed by atoms with E-state index in [4.69, 9.17) is 0 Å². The molecule has 5 amide bonds. The Bertz CT molecular complexity index is 2160. The summed E-state index contributed by atoms with van der Waals surface area (Å²) in [4.78, 5) is 72.3. The summed E-state index contributed by atoms with van der Waals surface area (Å²) in [6.45, 7) is 7.95. The zero-order chi connectivity index (χ0) is 39.7. The van der Waals surface area contributed by atoms with Crippen LogP contribution in [0.1, 0.15) is 59.3 Å². The summed E-state index contributed by atoms with van der Waals surface area (Å²) in [7, 11) is -3.95. The molecule has 5 atom stereocenters. The second kappa shape index (κ2) is 13.7. The lowest BCUT2D eigenvalue weighted by atomic mass is 9.77. The number of likely N-dealkylation sites (tertiary alicyclic amines) is 2. The fourth-order valence-corrected chi connectivity index (χ4v) is 9.41. The van der Waals surface area contributed by atoms with Gasteiger partial charge in [-0.1, -0.05) is 63.2 Å². The number of hydrogen-bond acceptors (Lipinski definition) is 7. The van der Waals surface area contributed by atoms with E-state index in [2.05, 4.69) is 21.9 Å². The van der Waals surface area contributed by atoms with E-state index in [0.717, 1.165) is 15.7 Å². The number of benzene rings is 2. The van der Waals surface area contributed by atoms with Gasteiger partial charge >= 0.3 is 6.03 Å². The van der Waals surface area contributed by atoms with Gasteiger partial charge in [0.1, 0.15) is 11.6 Å². The normalized spacial score (nSPS) is 25.4. The number of para-hydroxylation sites is 2. The van der Waals surface area contributed by atoms with Gasteiger partial charge in [0.15, 0.2) is 0 Å². The van der Waals surface area contributed by atoms with E-state index in [9.17, 15) is 41.2 Å². The Kier molecular flexibility index (Phi) is 9.58. The number of rotatable bonds is 10. The van der Waals surface area contributed by atoms with Crippen LogP contribution in [0.15, 0.2) is 61.2 Å². The average molecular weight is 781 g/mol. The van der Waals surface area contributed by atoms with Crippen molar-refractivity contribution in [1.82, 2.24) is 29.7 Å². The maximum absolute atomic E-state index is 14.6. The Balaban J connectivity index is 1.18. The highest BCUT2D eigenvalue weighted by Gasteiger charge is 2.62. The van der Waals surface area contributed by atoms with Gasteiger partial charge in [-0.2, -0.15) is 0 Å². The zero-order valence-electron chi connectivity index (χ0n) is 31.0. The second-order valence-electron chi connectivity index (χ2n) is 16.5. The number of amides is 5. The Labute approximate surface area is 317 Å². The number of carbonyl (C=O) groups excluding carboxylic acids is 5. The van der Waals surface area contributed by atoms with Gasteiger partial charge < -0.3 is 20.4 Å². The third-order valence-electron chi connectivity index (χ3n) is 11.5. The fourth-order valence-electron chi connectivity index (χ4n) is 8.05. The lowest BCUT2D eigenvalue weighted by Crippen LogP contribution is -2.57. The van der Waals surface area contributed by atoms with Crippen LogP contribution < -0.4 is 15.4 Å². The number of aromatic nitrogens is 1. The van der Waals surface area contributed by atoms with E-state index in [1.54, 1.807) is 20.8 Å². The first-order valence-electron chi connectivity index (χ1n) is 18.6. The molecule has 0 bridgehead atoms. The van der Waals surface area contributed by atoms with E-state index in [0.29, 0.717) is 23.9 Å². The molecule has 2 aromatic carbocycles. The number of alkyl halides is 2. The Hall–Kier alpha value is -4.86. The van der Waals surface area contributed by atoms with Crippen LogP contribution in [0.5, 0.6) is 0 Å². The summed E-state index contributed by atoms with van der Waals surface area (Å²) in [5.74, 6) is -7.50. The maximum Gasteiger partial charge on any atom is 0.326 e. The van der Waals surface area contributed by atoms with E-state index in [1.165, 1.54) is 15.5 Å². The van der Waals surface area contributed by atoms with Crippen molar-refractivity contribution >= 4 is 61.5 Å². The first kappa shape index (κ1) is 38.4. The predicted molar refractivity (Wildman–Crippen MR) is 200 cm³/mol. The molecule has 13 nitrogen and oxygen atoms in total. The lowest BCUT2D eigenvalue weighted by Gasteiger charge is -2.35. The smallest absolute Gasteiger partial charge is 0.326 e. The molecule has 3 heterocycles. The fraction of sp³-hybridized carbons (Fsp3) is 0.513. The van der Waals surface area contributed by atoms with Crippen molar-refractivity contribution in [3.8, 4) is 0 Å². The van der Waals surface area contributed by atoms with Crippen LogP contribution in [0.2, 0.25) is 0 Å². The third-order valence-corrected chi connectivity index (χ3v) is 13.3. The first-order chi connectivity index (χ1) is 25.8. The quantitative estimate of drug-likeness (QED) is 0.263. The highest BCUT2D eigenvalue weighted by atomic mass is 32.2. The molecule has 3 aromatic rings. The van der Waals surface area contributed by atoms with Crippen LogP contribution in [-0.2, 0) is 29.2 Å². The largest absolute Gasteiger partial charge is 0.339 e. The van der Waals surface area contributed by atoms with Crippen LogP contribution in [0.4, 0.5) is 13.6 Å². The molecule has 2 aliphatic carbocycles. The Morgan fingerprint density at radius 2 is 1.62 bits per heavy atom. The molecule has 0 radical (unpaired) electrons. The molecule has 4 fully saturated rings. The number of carbonyl (C=O) groups is 5. The number of nitrogens with zero attached hydrogens (tertiary/aromatic N) is 3. The van der Waals surface area contributed by atoms with Crippen LogP contribution in [0, 0.1) is 17.3 Å². The standard InChI is InChI=1S/C39H46F2N6O7S/c1-5-23-20-39(23,35(51)44-55(53,54)25-14-15-25)43-33(49)31-18-24(42-36(52)47-29-12-8-6-10-26(29)27-11-7-9-13-30(27)47)21-46(31)34(50)28(37(2,3)4)19-32(48)45-17-16-38(40,41)22-45/h5-13,23-25,28,31H,1,14-22H2,2-4H3,(H,42,52)(H,43,49)(H,44,51)/t23?,24-,28-,31+,39-/m1/s1. The monoisotopic (exact) mass is 780 g/mol. The van der Waals surface area contributed by atoms with Crippen molar-refractivity contribution in [3.05, 3.63) is 61.2 Å². The van der Waals surface area contributed by atoms with Crippen LogP contribution in [-0.4, -0.2) is 101 Å². The van der Waals surface area contributed by atoms with Crippen molar-refractivity contribution in [2.75, 3.05) is 19.6 Å². The topological polar surface area (TPSA) is 167 Å². The minimum Gasteiger partial charge on any atom is -0.339 e. The number of hydrogen-bond donors (Lipinski definition) is 3. The molecule has 16 heteroatoms. The van der Waals surface area contributed by atoms with Gasteiger partial charge in [-0.25, -0.2) is 22.0 Å². The summed E-state index contributed by atoms with van der Waals surface area (Å²) in [6, 6.07) is 12.3. The van der Waals surface area contributed by atoms with Gasteiger partial charge in [0.25, 0.3) is 11.8 Å². The summed E-state index contributed by atoms with van der Waals surface area (Å²) < 4.78 is 57.2. The highest BCUT2D eigenvalue weighted by molar-refractivity contribution is 7.91. The summed E-state index contributed by atoms with van der Waals surface area (Å²) in [6.07, 6.45) is 1.46. The van der Waals surface area contributed by atoms with Gasteiger partial charge in [0.05, 0.1) is 34.8 Å². The average Bonchev–Trinajstić information content (AvgIpc) is 3.99. The van der Waals surface area contributed by atoms with Crippen molar-refractivity contribution in [3.63, 3.8) is 0 Å². The van der Waals surface area contributed by atoms with E-state index in [-0.39, 0.29) is 32.4 Å². The second-order valence-corrected chi connectivity index (χ2v) is 18.4. The molecule has 2 saturated carbocycles. The highest BCUT2D eigenvalue weighted by Crippen LogP contribution is 2.46. The summed E-state index contributed by atoms with van der Waals surface area (Å²) in [5.41, 5.74) is -1.18. The van der Waals surface area contributed by atoms with E-state index in [1.807, 2.05) is 48.5 Å². The molecule has 3 N–H and O–H groups in total. The SMILES string of the molecule is C=CC1C[C@]1(NC(=O)[C@@H]1C[C@@H](NC(=O)n2c3ccccc3c3ccccc32)CN1C(=O)[C@@H](CC(=O)N1CCC(F)(F)C1)C(C)(C)C)C(=O)NS(=O)(=O)C1CC1. The van der Waals surface area contributed by atoms with Crippen molar-refractivity contribution in [2.45, 2.75) is 88.1 Å². The summed E-state index contributed by atoms with van der Waals surface area (Å²) in [5, 5.41) is 6.77. The molecule has 55 heavy (non-hydrogen) atoms. The number of sulfonamides is 1. The van der Waals surface area contributed by atoms with Gasteiger partial charge in [-0.15, -0.1) is 6.58 Å². The lowest BCUT2D eigenvalue weighted by molar-refractivity contribution is -0.148. The molecule has 0 spiro atoms. The first-order valence-corrected chi connectivity index (χ1v) is 20.2. The Morgan fingerprint density at radius 3 is 2.15 bits per heavy atom. The van der Waals surface area contributed by atoms with E-state index >= 15 is 0 Å². The van der Waals surface area contributed by atoms with Gasteiger partial charge in [0, 0.05) is 42.6 Å². The molecular formula is C39H46F2N6O7S. The summed E-state index contributed by atoms with van der Waals surface area (Å²) >= 11 is 0. The molecular weight excluding hydrogens is 735 g/mol. The Morgan fingerprint density at radius 1 is 1.00 bits per heavy atom. The van der Waals surface area contributed by atoms with E-state index < -0.39 is 98.7 Å². The zero-order valence-corrected chi connectivity index (χ0v) is 31.8. The molecule has 7 rings (SSSR count). The molecule has 2 saturated heterocycles. The van der Waals surface area contributed by atoms with Gasteiger partial charge in [-0.3, -0.25) is 28.5 Å². The minimum atomic E-state index is -3.95. The van der Waals surface area contributed by atoms with Crippen LogP contribution in [0.25, 0.3) is 21.8 Å². The minimum absolute atomic E-state index is 0.0690. The van der Waals surface area contributed by atoms with Crippen molar-refractivity contribution in [2.24, 2.45) is 17.3 Å². The number of nitrogens with one attached hydrogen (secondary N) is 3. The molecule has 4 aliphatic rings. The van der Waals surface area contributed by atoms with Gasteiger partial charge in [0.2, 0.25) is 27.7 Å². The van der Waals surface area contributed by atoms with Crippen LogP contribution in [0.3, 0.4) is 0 Å². The number of halogens is 2.